The second-order valence-electron chi connectivity index (χ2n) is 4.48. The molecule has 0 saturated heterocycles. The number of nitrogens with two attached hydrogens (primary N) is 2. The molecule has 0 saturated carbocycles. The maximum Gasteiger partial charge on any atom is 0.240 e. The molecule has 1 heterocycles. The zero-order valence-corrected chi connectivity index (χ0v) is 11.1. The standard InChI is InChI=1S/C12H19N5O3/c13-10(18)3-1-2-4-11(19)17-9(12(14)20)5-8-6-15-7-16-8/h6-7,9H,1-5H2,(H2,13,18)(H2,14,20)(H,15,16)(H,17,19). The number of nitrogens with zero attached hydrogens (tertiary/aromatic N) is 1. The maximum atomic E-state index is 11.7. The number of rotatable bonds is 9. The summed E-state index contributed by atoms with van der Waals surface area (Å²) in [7, 11) is 0. The molecule has 1 atom stereocenters. The van der Waals surface area contributed by atoms with E-state index < -0.39 is 11.9 Å². The lowest BCUT2D eigenvalue weighted by atomic mass is 10.1. The molecule has 0 bridgehead atoms. The van der Waals surface area contributed by atoms with Crippen molar-refractivity contribution in [2.75, 3.05) is 0 Å². The predicted octanol–water partition coefficient (Wildman–Crippen LogP) is -1.03. The number of aromatic nitrogens is 2. The van der Waals surface area contributed by atoms with E-state index in [9.17, 15) is 14.4 Å². The molecule has 1 unspecified atom stereocenters. The number of aromatic amines is 1. The average Bonchev–Trinajstić information content (AvgIpc) is 2.86. The van der Waals surface area contributed by atoms with E-state index in [4.69, 9.17) is 11.5 Å². The highest BCUT2D eigenvalue weighted by Crippen LogP contribution is 2.02. The first-order valence-corrected chi connectivity index (χ1v) is 6.33. The highest BCUT2D eigenvalue weighted by atomic mass is 16.2. The number of H-pyrrole nitrogens is 1. The van der Waals surface area contributed by atoms with Crippen molar-refractivity contribution in [3.8, 4) is 0 Å². The van der Waals surface area contributed by atoms with Crippen LogP contribution < -0.4 is 16.8 Å². The Morgan fingerprint density at radius 2 is 1.95 bits per heavy atom. The summed E-state index contributed by atoms with van der Waals surface area (Å²) in [4.78, 5) is 40.2. The number of amides is 3. The van der Waals surface area contributed by atoms with Crippen molar-refractivity contribution in [1.29, 1.82) is 0 Å². The lowest BCUT2D eigenvalue weighted by molar-refractivity contribution is -0.127. The van der Waals surface area contributed by atoms with Crippen molar-refractivity contribution in [3.05, 3.63) is 18.2 Å². The van der Waals surface area contributed by atoms with Crippen LogP contribution in [0, 0.1) is 0 Å². The van der Waals surface area contributed by atoms with Gasteiger partial charge in [-0.05, 0) is 12.8 Å². The van der Waals surface area contributed by atoms with Crippen LogP contribution in [0.25, 0.3) is 0 Å². The van der Waals surface area contributed by atoms with Crippen molar-refractivity contribution < 1.29 is 14.4 Å². The first-order valence-electron chi connectivity index (χ1n) is 6.33. The van der Waals surface area contributed by atoms with Crippen LogP contribution in [-0.4, -0.2) is 33.7 Å². The minimum Gasteiger partial charge on any atom is -0.370 e. The summed E-state index contributed by atoms with van der Waals surface area (Å²) in [6, 6.07) is -0.779. The molecule has 0 aromatic carbocycles. The molecule has 0 aliphatic rings. The molecule has 0 radical (unpaired) electrons. The molecule has 8 heteroatoms. The molecule has 1 aromatic rings. The Balaban J connectivity index is 2.35. The van der Waals surface area contributed by atoms with Gasteiger partial charge in [-0.3, -0.25) is 14.4 Å². The van der Waals surface area contributed by atoms with Crippen molar-refractivity contribution >= 4 is 17.7 Å². The molecule has 3 amide bonds. The summed E-state index contributed by atoms with van der Waals surface area (Å²) < 4.78 is 0. The fourth-order valence-electron chi connectivity index (χ4n) is 1.69. The first kappa shape index (κ1) is 15.7. The fourth-order valence-corrected chi connectivity index (χ4v) is 1.69. The molecule has 20 heavy (non-hydrogen) atoms. The van der Waals surface area contributed by atoms with Gasteiger partial charge in [0.15, 0.2) is 0 Å². The monoisotopic (exact) mass is 281 g/mol. The highest BCUT2D eigenvalue weighted by Gasteiger charge is 2.18. The SMILES string of the molecule is NC(=O)CCCCC(=O)NC(Cc1cnc[nH]1)C(N)=O. The molecule has 6 N–H and O–H groups in total. The van der Waals surface area contributed by atoms with Crippen LogP contribution in [0.3, 0.4) is 0 Å². The van der Waals surface area contributed by atoms with E-state index in [1.165, 1.54) is 6.33 Å². The minimum atomic E-state index is -0.779. The molecule has 0 aliphatic heterocycles. The van der Waals surface area contributed by atoms with E-state index in [-0.39, 0.29) is 31.1 Å². The molecule has 0 fully saturated rings. The van der Waals surface area contributed by atoms with Gasteiger partial charge >= 0.3 is 0 Å². The van der Waals surface area contributed by atoms with Crippen LogP contribution in [0.2, 0.25) is 0 Å². The second-order valence-corrected chi connectivity index (χ2v) is 4.48. The highest BCUT2D eigenvalue weighted by molar-refractivity contribution is 5.86. The summed E-state index contributed by atoms with van der Waals surface area (Å²) in [6.07, 6.45) is 4.87. The van der Waals surface area contributed by atoms with Gasteiger partial charge in [-0.25, -0.2) is 4.98 Å². The van der Waals surface area contributed by atoms with Gasteiger partial charge in [0.05, 0.1) is 6.33 Å². The van der Waals surface area contributed by atoms with Crippen molar-refractivity contribution in [2.24, 2.45) is 11.5 Å². The van der Waals surface area contributed by atoms with E-state index in [1.807, 2.05) is 0 Å². The number of primary amides is 2. The van der Waals surface area contributed by atoms with Crippen LogP contribution in [0.4, 0.5) is 0 Å². The Labute approximate surface area is 116 Å². The number of imidazole rings is 1. The zero-order valence-electron chi connectivity index (χ0n) is 11.1. The Morgan fingerprint density at radius 3 is 2.50 bits per heavy atom. The third kappa shape index (κ3) is 5.98. The van der Waals surface area contributed by atoms with E-state index in [2.05, 4.69) is 15.3 Å². The smallest absolute Gasteiger partial charge is 0.240 e. The van der Waals surface area contributed by atoms with Crippen LogP contribution in [0.5, 0.6) is 0 Å². The molecule has 1 aromatic heterocycles. The quantitative estimate of drug-likeness (QED) is 0.429. The van der Waals surface area contributed by atoms with Gasteiger partial charge < -0.3 is 21.8 Å². The van der Waals surface area contributed by atoms with E-state index in [1.54, 1.807) is 6.20 Å². The lowest BCUT2D eigenvalue weighted by Gasteiger charge is -2.14. The topological polar surface area (TPSA) is 144 Å². The normalized spacial score (nSPS) is 11.8. The van der Waals surface area contributed by atoms with E-state index in [0.29, 0.717) is 18.5 Å². The van der Waals surface area contributed by atoms with Crippen LogP contribution >= 0.6 is 0 Å². The predicted molar refractivity (Wildman–Crippen MR) is 71.1 cm³/mol. The van der Waals surface area contributed by atoms with Gasteiger partial charge in [0, 0.05) is 31.2 Å². The molecule has 8 nitrogen and oxygen atoms in total. The van der Waals surface area contributed by atoms with Gasteiger partial charge in [0.1, 0.15) is 6.04 Å². The van der Waals surface area contributed by atoms with Crippen LogP contribution in [0.1, 0.15) is 31.4 Å². The van der Waals surface area contributed by atoms with Crippen LogP contribution in [-0.2, 0) is 20.8 Å². The largest absolute Gasteiger partial charge is 0.370 e. The van der Waals surface area contributed by atoms with Crippen molar-refractivity contribution in [1.82, 2.24) is 15.3 Å². The molecule has 1 rings (SSSR count). The lowest BCUT2D eigenvalue weighted by Crippen LogP contribution is -2.45. The van der Waals surface area contributed by atoms with E-state index >= 15 is 0 Å². The maximum absolute atomic E-state index is 11.7. The number of hydrogen-bond acceptors (Lipinski definition) is 4. The molecule has 110 valence electrons. The Bertz CT molecular complexity index is 458. The van der Waals surface area contributed by atoms with E-state index in [0.717, 1.165) is 0 Å². The summed E-state index contributed by atoms with van der Waals surface area (Å²) in [5.74, 6) is -1.28. The van der Waals surface area contributed by atoms with Gasteiger partial charge in [0.25, 0.3) is 0 Å². The Hall–Kier alpha value is -2.38. The molecule has 0 spiro atoms. The summed E-state index contributed by atoms with van der Waals surface area (Å²) in [5, 5.41) is 2.57. The fraction of sp³-hybridized carbons (Fsp3) is 0.500. The van der Waals surface area contributed by atoms with Crippen molar-refractivity contribution in [2.45, 2.75) is 38.1 Å². The van der Waals surface area contributed by atoms with Gasteiger partial charge in [-0.1, -0.05) is 0 Å². The third-order valence-electron chi connectivity index (χ3n) is 2.73. The van der Waals surface area contributed by atoms with Crippen molar-refractivity contribution in [3.63, 3.8) is 0 Å². The molecular formula is C12H19N5O3. The third-order valence-corrected chi connectivity index (χ3v) is 2.73. The summed E-state index contributed by atoms with van der Waals surface area (Å²) >= 11 is 0. The second kappa shape index (κ2) is 7.93. The summed E-state index contributed by atoms with van der Waals surface area (Å²) in [5.41, 5.74) is 11.0. The minimum absolute atomic E-state index is 0.222. The number of carbonyl (C=O) groups excluding carboxylic acids is 3. The zero-order chi connectivity index (χ0) is 15.0. The number of hydrogen-bond donors (Lipinski definition) is 4. The van der Waals surface area contributed by atoms with Gasteiger partial charge in [0.2, 0.25) is 17.7 Å². The average molecular weight is 281 g/mol. The molecular weight excluding hydrogens is 262 g/mol. The first-order chi connectivity index (χ1) is 9.49. The summed E-state index contributed by atoms with van der Waals surface area (Å²) in [6.45, 7) is 0. The van der Waals surface area contributed by atoms with Crippen LogP contribution in [0.15, 0.2) is 12.5 Å². The number of carbonyl (C=O) groups is 3. The number of unbranched alkanes of at least 4 members (excludes halogenated alkanes) is 1. The number of nitrogens with one attached hydrogen (secondary N) is 2. The Kier molecular flexibility index (Phi) is 6.21. The Morgan fingerprint density at radius 1 is 1.25 bits per heavy atom. The van der Waals surface area contributed by atoms with Gasteiger partial charge in [-0.2, -0.15) is 0 Å². The van der Waals surface area contributed by atoms with Gasteiger partial charge in [-0.15, -0.1) is 0 Å². The molecule has 0 aliphatic carbocycles.